The zero-order valence-electron chi connectivity index (χ0n) is 11.3. The SMILES string of the molecule is COCCC(C)NC(=O)NCC(C)CC(C)O. The molecule has 0 rings (SSSR count). The zero-order chi connectivity index (χ0) is 13.3. The number of carbonyl (C=O) groups excluding carboxylic acids is 1. The lowest BCUT2D eigenvalue weighted by Gasteiger charge is -2.17. The first-order valence-corrected chi connectivity index (χ1v) is 6.17. The lowest BCUT2D eigenvalue weighted by molar-refractivity contribution is 0.162. The van der Waals surface area contributed by atoms with Crippen LogP contribution in [-0.4, -0.2) is 43.5 Å². The van der Waals surface area contributed by atoms with Crippen molar-refractivity contribution < 1.29 is 14.6 Å². The number of urea groups is 1. The van der Waals surface area contributed by atoms with Crippen LogP contribution < -0.4 is 10.6 Å². The first-order valence-electron chi connectivity index (χ1n) is 6.17. The molecule has 0 spiro atoms. The Bertz CT molecular complexity index is 210. The number of nitrogens with one attached hydrogen (secondary N) is 2. The molecular formula is C12H26N2O3. The summed E-state index contributed by atoms with van der Waals surface area (Å²) < 4.78 is 4.94. The Kier molecular flexibility index (Phi) is 8.80. The van der Waals surface area contributed by atoms with Crippen LogP contribution in [0.1, 0.15) is 33.6 Å². The van der Waals surface area contributed by atoms with Crippen molar-refractivity contribution >= 4 is 6.03 Å². The van der Waals surface area contributed by atoms with Gasteiger partial charge in [-0.05, 0) is 32.6 Å². The molecule has 3 N–H and O–H groups in total. The van der Waals surface area contributed by atoms with Crippen LogP contribution in [0.2, 0.25) is 0 Å². The Hall–Kier alpha value is -0.810. The maximum atomic E-state index is 11.5. The van der Waals surface area contributed by atoms with Gasteiger partial charge in [-0.15, -0.1) is 0 Å². The molecule has 0 fully saturated rings. The van der Waals surface area contributed by atoms with E-state index < -0.39 is 0 Å². The Balaban J connectivity index is 3.64. The van der Waals surface area contributed by atoms with Crippen LogP contribution in [0, 0.1) is 5.92 Å². The van der Waals surface area contributed by atoms with Crippen LogP contribution in [0.25, 0.3) is 0 Å². The van der Waals surface area contributed by atoms with Crippen molar-refractivity contribution in [3.8, 4) is 0 Å². The highest BCUT2D eigenvalue weighted by atomic mass is 16.5. The largest absolute Gasteiger partial charge is 0.393 e. The van der Waals surface area contributed by atoms with Gasteiger partial charge in [-0.25, -0.2) is 4.79 Å². The van der Waals surface area contributed by atoms with Gasteiger partial charge >= 0.3 is 6.03 Å². The molecule has 3 unspecified atom stereocenters. The summed E-state index contributed by atoms with van der Waals surface area (Å²) in [6, 6.07) is -0.0620. The summed E-state index contributed by atoms with van der Waals surface area (Å²) in [6.07, 6.45) is 1.17. The molecule has 0 aliphatic rings. The van der Waals surface area contributed by atoms with E-state index in [0.29, 0.717) is 19.6 Å². The van der Waals surface area contributed by atoms with Gasteiger partial charge in [0.25, 0.3) is 0 Å². The molecule has 0 saturated heterocycles. The molecule has 0 aromatic heterocycles. The van der Waals surface area contributed by atoms with Gasteiger partial charge in [-0.3, -0.25) is 0 Å². The molecule has 0 heterocycles. The molecule has 5 heteroatoms. The van der Waals surface area contributed by atoms with Gasteiger partial charge < -0.3 is 20.5 Å². The minimum atomic E-state index is -0.324. The van der Waals surface area contributed by atoms with E-state index in [-0.39, 0.29) is 24.1 Å². The van der Waals surface area contributed by atoms with Gasteiger partial charge in [-0.1, -0.05) is 6.92 Å². The maximum absolute atomic E-state index is 11.5. The first-order chi connectivity index (χ1) is 7.95. The highest BCUT2D eigenvalue weighted by Crippen LogP contribution is 2.03. The van der Waals surface area contributed by atoms with Crippen molar-refractivity contribution in [1.29, 1.82) is 0 Å². The second-order valence-corrected chi connectivity index (χ2v) is 4.73. The average Bonchev–Trinajstić information content (AvgIpc) is 2.22. The van der Waals surface area contributed by atoms with Gasteiger partial charge in [-0.2, -0.15) is 0 Å². The van der Waals surface area contributed by atoms with E-state index in [1.165, 1.54) is 0 Å². The van der Waals surface area contributed by atoms with Crippen molar-refractivity contribution in [1.82, 2.24) is 10.6 Å². The molecule has 3 atom stereocenters. The van der Waals surface area contributed by atoms with Crippen molar-refractivity contribution in [2.45, 2.75) is 45.8 Å². The molecule has 0 bridgehead atoms. The Morgan fingerprint density at radius 1 is 1.35 bits per heavy atom. The van der Waals surface area contributed by atoms with E-state index in [4.69, 9.17) is 4.74 Å². The predicted molar refractivity (Wildman–Crippen MR) is 68.0 cm³/mol. The van der Waals surface area contributed by atoms with Crippen molar-refractivity contribution in [3.63, 3.8) is 0 Å². The lowest BCUT2D eigenvalue weighted by atomic mass is 10.1. The summed E-state index contributed by atoms with van der Waals surface area (Å²) >= 11 is 0. The Morgan fingerprint density at radius 3 is 2.53 bits per heavy atom. The molecule has 0 aromatic rings. The van der Waals surface area contributed by atoms with E-state index in [2.05, 4.69) is 10.6 Å². The number of methoxy groups -OCH3 is 1. The van der Waals surface area contributed by atoms with E-state index in [0.717, 1.165) is 6.42 Å². The van der Waals surface area contributed by atoms with Crippen LogP contribution >= 0.6 is 0 Å². The quantitative estimate of drug-likeness (QED) is 0.601. The molecule has 0 saturated carbocycles. The van der Waals surface area contributed by atoms with E-state index >= 15 is 0 Å². The normalized spacial score (nSPS) is 16.1. The summed E-state index contributed by atoms with van der Waals surface area (Å²) in [5.74, 6) is 0.273. The minimum absolute atomic E-state index is 0.0991. The third kappa shape index (κ3) is 10.1. The molecule has 0 radical (unpaired) electrons. The number of aliphatic hydroxyl groups excluding tert-OH is 1. The molecule has 5 nitrogen and oxygen atoms in total. The van der Waals surface area contributed by atoms with E-state index in [1.807, 2.05) is 13.8 Å². The van der Waals surface area contributed by atoms with Crippen molar-refractivity contribution in [3.05, 3.63) is 0 Å². The van der Waals surface area contributed by atoms with Gasteiger partial charge in [0.15, 0.2) is 0 Å². The molecule has 0 aromatic carbocycles. The number of hydrogen-bond donors (Lipinski definition) is 3. The maximum Gasteiger partial charge on any atom is 0.315 e. The van der Waals surface area contributed by atoms with Gasteiger partial charge in [0.2, 0.25) is 0 Å². The van der Waals surface area contributed by atoms with Crippen molar-refractivity contribution in [2.24, 2.45) is 5.92 Å². The summed E-state index contributed by atoms with van der Waals surface area (Å²) in [5, 5.41) is 14.8. The van der Waals surface area contributed by atoms with Crippen LogP contribution in [0.5, 0.6) is 0 Å². The summed E-state index contributed by atoms with van der Waals surface area (Å²) in [4.78, 5) is 11.5. The summed E-state index contributed by atoms with van der Waals surface area (Å²) in [5.41, 5.74) is 0. The molecule has 2 amide bonds. The fraction of sp³-hybridized carbons (Fsp3) is 0.917. The Labute approximate surface area is 104 Å². The average molecular weight is 246 g/mol. The Morgan fingerprint density at radius 2 is 2.00 bits per heavy atom. The number of amides is 2. The third-order valence-electron chi connectivity index (χ3n) is 2.49. The van der Waals surface area contributed by atoms with E-state index in [1.54, 1.807) is 14.0 Å². The minimum Gasteiger partial charge on any atom is -0.393 e. The smallest absolute Gasteiger partial charge is 0.315 e. The fourth-order valence-electron chi connectivity index (χ4n) is 1.57. The van der Waals surface area contributed by atoms with E-state index in [9.17, 15) is 9.90 Å². The van der Waals surface area contributed by atoms with Crippen LogP contribution in [-0.2, 0) is 4.74 Å². The number of aliphatic hydroxyl groups is 1. The molecule has 0 aliphatic heterocycles. The number of carbonyl (C=O) groups is 1. The molecule has 17 heavy (non-hydrogen) atoms. The first kappa shape index (κ1) is 16.2. The van der Waals surface area contributed by atoms with Crippen molar-refractivity contribution in [2.75, 3.05) is 20.3 Å². The van der Waals surface area contributed by atoms with Gasteiger partial charge in [0, 0.05) is 26.3 Å². The molecule has 0 aliphatic carbocycles. The van der Waals surface area contributed by atoms with Gasteiger partial charge in [0.1, 0.15) is 0 Å². The number of rotatable bonds is 8. The van der Waals surface area contributed by atoms with Crippen LogP contribution in [0.15, 0.2) is 0 Å². The molecule has 102 valence electrons. The highest BCUT2D eigenvalue weighted by Gasteiger charge is 2.10. The lowest BCUT2D eigenvalue weighted by Crippen LogP contribution is -2.42. The van der Waals surface area contributed by atoms with Crippen LogP contribution in [0.3, 0.4) is 0 Å². The second kappa shape index (κ2) is 9.24. The topological polar surface area (TPSA) is 70.6 Å². The monoisotopic (exact) mass is 246 g/mol. The zero-order valence-corrected chi connectivity index (χ0v) is 11.3. The summed E-state index contributed by atoms with van der Waals surface area (Å²) in [7, 11) is 1.64. The van der Waals surface area contributed by atoms with Crippen LogP contribution in [0.4, 0.5) is 4.79 Å². The third-order valence-corrected chi connectivity index (χ3v) is 2.49. The standard InChI is InChI=1S/C12H26N2O3/c1-9(7-11(3)15)8-13-12(16)14-10(2)5-6-17-4/h9-11,15H,5-8H2,1-4H3,(H2,13,14,16). The number of hydrogen-bond acceptors (Lipinski definition) is 3. The molecular weight excluding hydrogens is 220 g/mol. The summed E-state index contributed by atoms with van der Waals surface area (Å²) in [6.45, 7) is 6.91. The predicted octanol–water partition coefficient (Wildman–Crippen LogP) is 1.12. The van der Waals surface area contributed by atoms with Gasteiger partial charge in [0.05, 0.1) is 6.10 Å². The second-order valence-electron chi connectivity index (χ2n) is 4.73. The number of ether oxygens (including phenoxy) is 1. The highest BCUT2D eigenvalue weighted by molar-refractivity contribution is 5.74. The fourth-order valence-corrected chi connectivity index (χ4v) is 1.57.